The Labute approximate surface area is 137 Å². The van der Waals surface area contributed by atoms with Crippen molar-refractivity contribution >= 4 is 39.9 Å². The van der Waals surface area contributed by atoms with Crippen molar-refractivity contribution in [1.29, 1.82) is 0 Å². The molecule has 0 amide bonds. The Morgan fingerprint density at radius 3 is 2.61 bits per heavy atom. The predicted octanol–water partition coefficient (Wildman–Crippen LogP) is 4.02. The van der Waals surface area contributed by atoms with E-state index in [0.717, 1.165) is 0 Å². The molecule has 0 radical (unpaired) electrons. The Morgan fingerprint density at radius 2 is 1.91 bits per heavy atom. The van der Waals surface area contributed by atoms with Crippen LogP contribution in [0.15, 0.2) is 38.6 Å². The molecule has 23 heavy (non-hydrogen) atoms. The number of benzene rings is 1. The van der Waals surface area contributed by atoms with Gasteiger partial charge >= 0.3 is 11.6 Å². The molecule has 0 fully saturated rings. The minimum absolute atomic E-state index is 0.109. The summed E-state index contributed by atoms with van der Waals surface area (Å²) in [6.07, 6.45) is 0. The van der Waals surface area contributed by atoms with Crippen LogP contribution < -0.4 is 10.4 Å². The van der Waals surface area contributed by atoms with E-state index in [1.807, 2.05) is 0 Å². The van der Waals surface area contributed by atoms with Crippen molar-refractivity contribution in [2.45, 2.75) is 0 Å². The molecule has 11 heteroatoms. The quantitative estimate of drug-likeness (QED) is 0.303. The molecule has 0 aliphatic rings. The third-order valence-electron chi connectivity index (χ3n) is 2.61. The summed E-state index contributed by atoms with van der Waals surface area (Å²) in [5.74, 6) is 0.288. The average molecular weight is 351 g/mol. The summed E-state index contributed by atoms with van der Waals surface area (Å²) >= 11 is 11.3. The van der Waals surface area contributed by atoms with E-state index in [1.165, 1.54) is 12.1 Å². The average Bonchev–Trinajstić information content (AvgIpc) is 2.47. The molecule has 0 atom stereocenters. The highest BCUT2D eigenvalue weighted by Crippen LogP contribution is 2.25. The van der Waals surface area contributed by atoms with Crippen molar-refractivity contribution in [3.63, 3.8) is 0 Å². The molecular formula is C12H4Cl2N6O3. The van der Waals surface area contributed by atoms with Gasteiger partial charge in [-0.1, -0.05) is 5.11 Å². The lowest BCUT2D eigenvalue weighted by atomic mass is 10.2. The second-order valence-corrected chi connectivity index (χ2v) is 4.74. The fraction of sp³-hybridized carbons (Fsp3) is 0. The lowest BCUT2D eigenvalue weighted by Gasteiger charge is -2.05. The first-order valence-electron chi connectivity index (χ1n) is 5.93. The van der Waals surface area contributed by atoms with Crippen LogP contribution in [0.3, 0.4) is 0 Å². The predicted molar refractivity (Wildman–Crippen MR) is 81.2 cm³/mol. The summed E-state index contributed by atoms with van der Waals surface area (Å²) in [5.41, 5.74) is 7.72. The second-order valence-electron chi connectivity index (χ2n) is 4.07. The van der Waals surface area contributed by atoms with Crippen molar-refractivity contribution in [2.24, 2.45) is 5.11 Å². The van der Waals surface area contributed by atoms with Crippen LogP contribution in [0, 0.1) is 0 Å². The molecule has 9 nitrogen and oxygen atoms in total. The highest BCUT2D eigenvalue weighted by molar-refractivity contribution is 6.31. The SMILES string of the molecule is [N-]=[N+]=Nc1cc2ccc(Oc3nc(Cl)nc(Cl)n3)cc2oc1=O. The number of hydrogen-bond donors (Lipinski definition) is 0. The van der Waals surface area contributed by atoms with Crippen molar-refractivity contribution in [2.75, 3.05) is 0 Å². The molecule has 3 rings (SSSR count). The summed E-state index contributed by atoms with van der Waals surface area (Å²) in [5, 5.41) is 3.56. The monoisotopic (exact) mass is 350 g/mol. The minimum atomic E-state index is -0.765. The molecule has 0 saturated heterocycles. The third-order valence-corrected chi connectivity index (χ3v) is 2.95. The van der Waals surface area contributed by atoms with Gasteiger partial charge in [0.25, 0.3) is 0 Å². The van der Waals surface area contributed by atoms with E-state index < -0.39 is 5.63 Å². The lowest BCUT2D eigenvalue weighted by Crippen LogP contribution is -1.98. The maximum atomic E-state index is 11.6. The molecule has 0 saturated carbocycles. The fourth-order valence-electron chi connectivity index (χ4n) is 1.72. The molecule has 0 spiro atoms. The second kappa shape index (κ2) is 6.09. The summed E-state index contributed by atoms with van der Waals surface area (Å²) in [4.78, 5) is 25.3. The standard InChI is InChI=1S/C12H4Cl2N6O3/c13-10-16-11(14)18-12(17-10)22-6-2-1-5-3-7(19-20-15)9(21)23-8(5)4-6/h1-4H. The van der Waals surface area contributed by atoms with Crippen LogP contribution in [0.2, 0.25) is 10.6 Å². The first-order chi connectivity index (χ1) is 11.0. The number of aromatic nitrogens is 3. The van der Waals surface area contributed by atoms with E-state index in [-0.39, 0.29) is 33.6 Å². The maximum Gasteiger partial charge on any atom is 0.345 e. The summed E-state index contributed by atoms with van der Waals surface area (Å²) in [7, 11) is 0. The zero-order valence-electron chi connectivity index (χ0n) is 11.0. The molecule has 1 aromatic carbocycles. The van der Waals surface area contributed by atoms with E-state index >= 15 is 0 Å². The third kappa shape index (κ3) is 3.32. The van der Waals surface area contributed by atoms with E-state index in [4.69, 9.17) is 37.9 Å². The van der Waals surface area contributed by atoms with Crippen molar-refractivity contribution in [1.82, 2.24) is 15.0 Å². The molecule has 0 aliphatic heterocycles. The van der Waals surface area contributed by atoms with Gasteiger partial charge in [-0.25, -0.2) is 4.79 Å². The highest BCUT2D eigenvalue weighted by atomic mass is 35.5. The van der Waals surface area contributed by atoms with Crippen LogP contribution in [0.25, 0.3) is 21.4 Å². The van der Waals surface area contributed by atoms with Gasteiger partial charge in [0, 0.05) is 16.4 Å². The van der Waals surface area contributed by atoms with Crippen molar-refractivity contribution in [3.8, 4) is 11.8 Å². The molecular weight excluding hydrogens is 347 g/mol. The zero-order chi connectivity index (χ0) is 16.4. The molecule has 0 unspecified atom stereocenters. The van der Waals surface area contributed by atoms with Crippen LogP contribution in [0.4, 0.5) is 5.69 Å². The van der Waals surface area contributed by atoms with Crippen LogP contribution in [-0.2, 0) is 0 Å². The van der Waals surface area contributed by atoms with Gasteiger partial charge in [0.1, 0.15) is 17.0 Å². The number of ether oxygens (including phenoxy) is 1. The highest BCUT2D eigenvalue weighted by Gasteiger charge is 2.09. The van der Waals surface area contributed by atoms with E-state index in [1.54, 1.807) is 12.1 Å². The number of nitrogens with zero attached hydrogens (tertiary/aromatic N) is 6. The van der Waals surface area contributed by atoms with E-state index in [9.17, 15) is 4.79 Å². The Hall–Kier alpha value is -2.87. The fourth-order valence-corrected chi connectivity index (χ4v) is 2.07. The molecule has 114 valence electrons. The largest absolute Gasteiger partial charge is 0.424 e. The number of halogens is 2. The summed E-state index contributed by atoms with van der Waals surface area (Å²) < 4.78 is 10.5. The Morgan fingerprint density at radius 1 is 1.17 bits per heavy atom. The Kier molecular flexibility index (Phi) is 3.98. The first kappa shape index (κ1) is 15.0. The van der Waals surface area contributed by atoms with Gasteiger partial charge < -0.3 is 9.15 Å². The number of rotatable bonds is 3. The first-order valence-corrected chi connectivity index (χ1v) is 6.69. The minimum Gasteiger partial charge on any atom is -0.424 e. The van der Waals surface area contributed by atoms with Crippen molar-refractivity contribution in [3.05, 3.63) is 55.7 Å². The van der Waals surface area contributed by atoms with Gasteiger partial charge in [-0.15, -0.1) is 0 Å². The molecule has 2 aromatic heterocycles. The van der Waals surface area contributed by atoms with Crippen LogP contribution >= 0.6 is 23.2 Å². The normalized spacial score (nSPS) is 10.3. The molecule has 0 N–H and O–H groups in total. The van der Waals surface area contributed by atoms with Gasteiger partial charge in [0.2, 0.25) is 10.6 Å². The number of azide groups is 1. The lowest BCUT2D eigenvalue weighted by molar-refractivity contribution is 0.438. The number of hydrogen-bond acceptors (Lipinski definition) is 7. The summed E-state index contributed by atoms with van der Waals surface area (Å²) in [6, 6.07) is 5.92. The topological polar surface area (TPSA) is 127 Å². The Balaban J connectivity index is 2.01. The molecule has 0 aliphatic carbocycles. The van der Waals surface area contributed by atoms with Crippen LogP contribution in [0.1, 0.15) is 0 Å². The van der Waals surface area contributed by atoms with Gasteiger partial charge in [0.05, 0.1) is 0 Å². The molecule has 3 aromatic rings. The van der Waals surface area contributed by atoms with Crippen LogP contribution in [0.5, 0.6) is 11.8 Å². The zero-order valence-corrected chi connectivity index (χ0v) is 12.5. The van der Waals surface area contributed by atoms with E-state index in [2.05, 4.69) is 25.0 Å². The number of fused-ring (bicyclic) bond motifs is 1. The smallest absolute Gasteiger partial charge is 0.345 e. The van der Waals surface area contributed by atoms with Crippen LogP contribution in [-0.4, -0.2) is 15.0 Å². The van der Waals surface area contributed by atoms with Gasteiger partial charge in [-0.05, 0) is 46.9 Å². The molecule has 0 bridgehead atoms. The van der Waals surface area contributed by atoms with Gasteiger partial charge in [-0.2, -0.15) is 15.0 Å². The maximum absolute atomic E-state index is 11.6. The van der Waals surface area contributed by atoms with Crippen molar-refractivity contribution < 1.29 is 9.15 Å². The van der Waals surface area contributed by atoms with E-state index in [0.29, 0.717) is 5.39 Å². The molecule has 2 heterocycles. The van der Waals surface area contributed by atoms with Gasteiger partial charge in [0.15, 0.2) is 0 Å². The summed E-state index contributed by atoms with van der Waals surface area (Å²) in [6.45, 7) is 0. The van der Waals surface area contributed by atoms with Gasteiger partial charge in [-0.3, -0.25) is 0 Å². The Bertz CT molecular complexity index is 995.